The van der Waals surface area contributed by atoms with Gasteiger partial charge in [-0.2, -0.15) is 0 Å². The monoisotopic (exact) mass is 286 g/mol. The fraction of sp³-hybridized carbons (Fsp3) is 0.786. The number of amides is 2. The number of aliphatic carboxylic acids is 1. The van der Waals surface area contributed by atoms with E-state index >= 15 is 0 Å². The Bertz CT molecular complexity index is 348. The average Bonchev–Trinajstić information content (AvgIpc) is 2.32. The molecule has 3 N–H and O–H groups in total. The molecule has 1 atom stereocenters. The van der Waals surface area contributed by atoms with Gasteiger partial charge in [0.15, 0.2) is 0 Å². The van der Waals surface area contributed by atoms with Crippen molar-refractivity contribution in [2.45, 2.75) is 59.4 Å². The van der Waals surface area contributed by atoms with Crippen LogP contribution in [-0.4, -0.2) is 35.5 Å². The second kappa shape index (κ2) is 8.55. The first-order chi connectivity index (χ1) is 9.18. The Labute approximate surface area is 120 Å². The molecule has 0 aromatic heterocycles. The molecule has 6 heteroatoms. The van der Waals surface area contributed by atoms with Crippen LogP contribution >= 0.6 is 0 Å². The summed E-state index contributed by atoms with van der Waals surface area (Å²) in [5, 5.41) is 14.1. The molecule has 6 nitrogen and oxygen atoms in total. The van der Waals surface area contributed by atoms with Crippen molar-refractivity contribution in [1.29, 1.82) is 0 Å². The van der Waals surface area contributed by atoms with Crippen molar-refractivity contribution < 1.29 is 19.5 Å². The first kappa shape index (κ1) is 18.4. The molecule has 0 aliphatic heterocycles. The highest BCUT2D eigenvalue weighted by atomic mass is 16.4. The minimum absolute atomic E-state index is 0.0627. The molecule has 0 bridgehead atoms. The maximum atomic E-state index is 11.6. The Kier molecular flexibility index (Phi) is 7.87. The summed E-state index contributed by atoms with van der Waals surface area (Å²) in [5.41, 5.74) is -0.447. The van der Waals surface area contributed by atoms with Crippen molar-refractivity contribution in [2.75, 3.05) is 6.54 Å². The second-order valence-corrected chi connectivity index (χ2v) is 5.86. The Morgan fingerprint density at radius 2 is 1.80 bits per heavy atom. The summed E-state index contributed by atoms with van der Waals surface area (Å²) < 4.78 is 0. The summed E-state index contributed by atoms with van der Waals surface area (Å²) in [6, 6.07) is -0.823. The third kappa shape index (κ3) is 7.76. The molecule has 0 aliphatic carbocycles. The van der Waals surface area contributed by atoms with Crippen molar-refractivity contribution >= 4 is 17.8 Å². The van der Waals surface area contributed by atoms with Gasteiger partial charge >= 0.3 is 5.97 Å². The van der Waals surface area contributed by atoms with Crippen molar-refractivity contribution in [3.63, 3.8) is 0 Å². The molecule has 2 amide bonds. The molecule has 0 spiro atoms. The summed E-state index contributed by atoms with van der Waals surface area (Å²) in [6.45, 7) is 7.73. The van der Waals surface area contributed by atoms with Gasteiger partial charge in [0.1, 0.15) is 6.04 Å². The van der Waals surface area contributed by atoms with Crippen LogP contribution in [0.2, 0.25) is 0 Å². The summed E-state index contributed by atoms with van der Waals surface area (Å²) in [7, 11) is 0. The fourth-order valence-corrected chi connectivity index (χ4v) is 1.53. The largest absolute Gasteiger partial charge is 0.480 e. The lowest BCUT2D eigenvalue weighted by Crippen LogP contribution is -2.41. The van der Waals surface area contributed by atoms with E-state index < -0.39 is 17.4 Å². The van der Waals surface area contributed by atoms with Crippen LogP contribution < -0.4 is 10.6 Å². The lowest BCUT2D eigenvalue weighted by Gasteiger charge is -2.17. The van der Waals surface area contributed by atoms with E-state index in [9.17, 15) is 14.4 Å². The summed E-state index contributed by atoms with van der Waals surface area (Å²) in [4.78, 5) is 34.0. The zero-order chi connectivity index (χ0) is 15.8. The molecule has 0 aromatic rings. The van der Waals surface area contributed by atoms with E-state index in [0.29, 0.717) is 25.8 Å². The molecule has 20 heavy (non-hydrogen) atoms. The quantitative estimate of drug-likeness (QED) is 0.586. The Morgan fingerprint density at radius 1 is 1.20 bits per heavy atom. The molecule has 0 saturated carbocycles. The van der Waals surface area contributed by atoms with Gasteiger partial charge in [-0.1, -0.05) is 34.1 Å². The average molecular weight is 286 g/mol. The molecule has 116 valence electrons. The molecule has 0 aliphatic rings. The second-order valence-electron chi connectivity index (χ2n) is 5.86. The number of nitrogens with one attached hydrogen (secondary N) is 2. The van der Waals surface area contributed by atoms with Gasteiger partial charge in [-0.05, 0) is 12.8 Å². The number of carbonyl (C=O) groups is 3. The highest BCUT2D eigenvalue weighted by molar-refractivity contribution is 5.83. The third-order valence-electron chi connectivity index (χ3n) is 2.76. The van der Waals surface area contributed by atoms with E-state index in [4.69, 9.17) is 5.11 Å². The predicted octanol–water partition coefficient (Wildman–Crippen LogP) is 1.30. The van der Waals surface area contributed by atoms with Gasteiger partial charge in [0, 0.05) is 18.4 Å². The van der Waals surface area contributed by atoms with Gasteiger partial charge in [-0.25, -0.2) is 4.79 Å². The molecule has 0 unspecified atom stereocenters. The number of hydrogen-bond acceptors (Lipinski definition) is 3. The van der Waals surface area contributed by atoms with Crippen LogP contribution in [0, 0.1) is 5.41 Å². The summed E-state index contributed by atoms with van der Waals surface area (Å²) in [6.07, 6.45) is 1.81. The maximum Gasteiger partial charge on any atom is 0.326 e. The topological polar surface area (TPSA) is 95.5 Å². The number of hydrogen-bond donors (Lipinski definition) is 3. The van der Waals surface area contributed by atoms with E-state index in [0.717, 1.165) is 0 Å². The first-order valence-corrected chi connectivity index (χ1v) is 6.99. The zero-order valence-electron chi connectivity index (χ0n) is 12.8. The highest BCUT2D eigenvalue weighted by Gasteiger charge is 2.21. The molecule has 0 saturated heterocycles. The van der Waals surface area contributed by atoms with Gasteiger partial charge in [0.25, 0.3) is 0 Å². The van der Waals surface area contributed by atoms with Crippen molar-refractivity contribution in [2.24, 2.45) is 5.41 Å². The standard InChI is InChI=1S/C14H26N2O4/c1-5-7-10(12(18)19)16-11(17)8-6-9-15-13(20)14(2,3)4/h10H,5-9H2,1-4H3,(H,15,20)(H,16,17)(H,18,19)/t10-/m1/s1. The number of rotatable bonds is 8. The Morgan fingerprint density at radius 3 is 2.25 bits per heavy atom. The summed E-state index contributed by atoms with van der Waals surface area (Å²) in [5.74, 6) is -1.37. The first-order valence-electron chi connectivity index (χ1n) is 6.99. The Hall–Kier alpha value is -1.59. The molecule has 0 heterocycles. The SMILES string of the molecule is CCC[C@@H](NC(=O)CCCNC(=O)C(C)(C)C)C(=O)O. The number of carboxylic acid groups (broad SMARTS) is 1. The van der Waals surface area contributed by atoms with Crippen LogP contribution in [0.15, 0.2) is 0 Å². The van der Waals surface area contributed by atoms with E-state index in [1.165, 1.54) is 0 Å². The predicted molar refractivity (Wildman–Crippen MR) is 76.2 cm³/mol. The van der Waals surface area contributed by atoms with Gasteiger partial charge in [0.2, 0.25) is 11.8 Å². The van der Waals surface area contributed by atoms with Gasteiger partial charge in [-0.3, -0.25) is 9.59 Å². The van der Waals surface area contributed by atoms with Crippen LogP contribution in [0.1, 0.15) is 53.4 Å². The van der Waals surface area contributed by atoms with Gasteiger partial charge in [-0.15, -0.1) is 0 Å². The molecule has 0 rings (SSSR count). The minimum Gasteiger partial charge on any atom is -0.480 e. The van der Waals surface area contributed by atoms with Crippen molar-refractivity contribution in [1.82, 2.24) is 10.6 Å². The minimum atomic E-state index is -1.01. The van der Waals surface area contributed by atoms with E-state index in [1.807, 2.05) is 27.7 Å². The van der Waals surface area contributed by atoms with E-state index in [2.05, 4.69) is 10.6 Å². The van der Waals surface area contributed by atoms with Crippen LogP contribution in [0.5, 0.6) is 0 Å². The van der Waals surface area contributed by atoms with E-state index in [1.54, 1.807) is 0 Å². The highest BCUT2D eigenvalue weighted by Crippen LogP contribution is 2.12. The molecule has 0 fully saturated rings. The van der Waals surface area contributed by atoms with Crippen LogP contribution in [0.25, 0.3) is 0 Å². The van der Waals surface area contributed by atoms with E-state index in [-0.39, 0.29) is 18.2 Å². The van der Waals surface area contributed by atoms with Gasteiger partial charge < -0.3 is 15.7 Å². The van der Waals surface area contributed by atoms with Gasteiger partial charge in [0.05, 0.1) is 0 Å². The lowest BCUT2D eigenvalue weighted by atomic mass is 9.96. The molecular formula is C14H26N2O4. The lowest BCUT2D eigenvalue weighted by molar-refractivity contribution is -0.142. The third-order valence-corrected chi connectivity index (χ3v) is 2.76. The molecule has 0 radical (unpaired) electrons. The fourth-order valence-electron chi connectivity index (χ4n) is 1.53. The van der Waals surface area contributed by atoms with Crippen LogP contribution in [-0.2, 0) is 14.4 Å². The smallest absolute Gasteiger partial charge is 0.326 e. The van der Waals surface area contributed by atoms with Crippen molar-refractivity contribution in [3.8, 4) is 0 Å². The Balaban J connectivity index is 3.94. The maximum absolute atomic E-state index is 11.6. The zero-order valence-corrected chi connectivity index (χ0v) is 12.8. The normalized spacial score (nSPS) is 12.6. The molecule has 0 aromatic carbocycles. The number of carboxylic acids is 1. The number of carbonyl (C=O) groups excluding carboxylic acids is 2. The van der Waals surface area contributed by atoms with Crippen LogP contribution in [0.4, 0.5) is 0 Å². The molecular weight excluding hydrogens is 260 g/mol. The summed E-state index contributed by atoms with van der Waals surface area (Å²) >= 11 is 0. The van der Waals surface area contributed by atoms with Crippen molar-refractivity contribution in [3.05, 3.63) is 0 Å². The van der Waals surface area contributed by atoms with Crippen LogP contribution in [0.3, 0.4) is 0 Å².